The molecule has 1 unspecified atom stereocenters. The molecule has 90 valence electrons. The first kappa shape index (κ1) is 12.8. The van der Waals surface area contributed by atoms with Crippen molar-refractivity contribution >= 4 is 27.3 Å². The second-order valence-electron chi connectivity index (χ2n) is 3.95. The van der Waals surface area contributed by atoms with Crippen LogP contribution in [0.15, 0.2) is 46.3 Å². The van der Waals surface area contributed by atoms with Crippen LogP contribution in [0.3, 0.4) is 0 Å². The van der Waals surface area contributed by atoms with Gasteiger partial charge in [-0.2, -0.15) is 0 Å². The summed E-state index contributed by atoms with van der Waals surface area (Å²) >= 11 is 5.28. The molecule has 17 heavy (non-hydrogen) atoms. The maximum Gasteiger partial charge on any atom is 0.0671 e. The fraction of sp³-hybridized carbons (Fsp3) is 0.286. The third-order valence-electron chi connectivity index (χ3n) is 2.63. The highest BCUT2D eigenvalue weighted by Gasteiger charge is 2.13. The largest absolute Gasteiger partial charge is 0.306 e. The third kappa shape index (κ3) is 3.41. The standard InChI is InChI=1S/C14H16BrNS/c1-2-9-16-14(13-4-3-10-17-13)11-5-7-12(15)8-6-11/h3-8,10,14,16H,2,9H2,1H3. The summed E-state index contributed by atoms with van der Waals surface area (Å²) in [5, 5.41) is 5.74. The van der Waals surface area contributed by atoms with E-state index in [-0.39, 0.29) is 0 Å². The molecule has 0 fully saturated rings. The van der Waals surface area contributed by atoms with Gasteiger partial charge in [-0.3, -0.25) is 0 Å². The molecule has 2 aromatic rings. The Morgan fingerprint density at radius 1 is 1.24 bits per heavy atom. The van der Waals surface area contributed by atoms with E-state index in [1.54, 1.807) is 11.3 Å². The summed E-state index contributed by atoms with van der Waals surface area (Å²) in [5.74, 6) is 0. The lowest BCUT2D eigenvalue weighted by molar-refractivity contribution is 0.606. The van der Waals surface area contributed by atoms with Gasteiger partial charge in [-0.15, -0.1) is 11.3 Å². The van der Waals surface area contributed by atoms with Crippen molar-refractivity contribution in [2.45, 2.75) is 19.4 Å². The molecule has 0 aliphatic carbocycles. The second-order valence-corrected chi connectivity index (χ2v) is 5.85. The molecule has 0 amide bonds. The van der Waals surface area contributed by atoms with Crippen molar-refractivity contribution in [1.29, 1.82) is 0 Å². The normalized spacial score (nSPS) is 12.6. The van der Waals surface area contributed by atoms with E-state index in [1.807, 2.05) is 0 Å². The van der Waals surface area contributed by atoms with Gasteiger partial charge in [0.25, 0.3) is 0 Å². The molecule has 2 rings (SSSR count). The van der Waals surface area contributed by atoms with E-state index < -0.39 is 0 Å². The minimum atomic E-state index is 0.322. The quantitative estimate of drug-likeness (QED) is 0.851. The van der Waals surface area contributed by atoms with E-state index in [9.17, 15) is 0 Å². The first-order chi connectivity index (χ1) is 8.31. The van der Waals surface area contributed by atoms with E-state index in [0.717, 1.165) is 17.4 Å². The Kier molecular flexibility index (Phi) is 4.77. The van der Waals surface area contributed by atoms with Crippen LogP contribution in [0.4, 0.5) is 0 Å². The molecular formula is C14H16BrNS. The van der Waals surface area contributed by atoms with Crippen molar-refractivity contribution in [3.05, 3.63) is 56.7 Å². The lowest BCUT2D eigenvalue weighted by atomic mass is 10.1. The molecule has 0 saturated heterocycles. The summed E-state index contributed by atoms with van der Waals surface area (Å²) in [6.45, 7) is 3.23. The van der Waals surface area contributed by atoms with Crippen molar-refractivity contribution in [2.75, 3.05) is 6.54 Å². The number of benzene rings is 1. The summed E-state index contributed by atoms with van der Waals surface area (Å²) in [4.78, 5) is 1.38. The van der Waals surface area contributed by atoms with Gasteiger partial charge < -0.3 is 5.32 Å². The highest BCUT2D eigenvalue weighted by Crippen LogP contribution is 2.26. The van der Waals surface area contributed by atoms with Crippen LogP contribution in [0.25, 0.3) is 0 Å². The summed E-state index contributed by atoms with van der Waals surface area (Å²) in [6, 6.07) is 13.2. The van der Waals surface area contributed by atoms with Gasteiger partial charge in [-0.25, -0.2) is 0 Å². The predicted molar refractivity (Wildman–Crippen MR) is 78.6 cm³/mol. The van der Waals surface area contributed by atoms with Crippen LogP contribution in [0.1, 0.15) is 29.8 Å². The van der Waals surface area contributed by atoms with Gasteiger partial charge in [0.05, 0.1) is 6.04 Å². The zero-order chi connectivity index (χ0) is 12.1. The lowest BCUT2D eigenvalue weighted by Crippen LogP contribution is -2.22. The molecular weight excluding hydrogens is 294 g/mol. The second kappa shape index (κ2) is 6.34. The zero-order valence-electron chi connectivity index (χ0n) is 9.82. The first-order valence-electron chi connectivity index (χ1n) is 5.83. The SMILES string of the molecule is CCCNC(c1ccc(Br)cc1)c1cccs1. The van der Waals surface area contributed by atoms with Gasteiger partial charge in [0.15, 0.2) is 0 Å². The zero-order valence-corrected chi connectivity index (χ0v) is 12.2. The Morgan fingerprint density at radius 3 is 2.59 bits per heavy atom. The van der Waals surface area contributed by atoms with Gasteiger partial charge in [0.2, 0.25) is 0 Å². The Hall–Kier alpha value is -0.640. The molecule has 0 aliphatic heterocycles. The van der Waals surface area contributed by atoms with Gasteiger partial charge in [0, 0.05) is 9.35 Å². The Balaban J connectivity index is 2.23. The monoisotopic (exact) mass is 309 g/mol. The van der Waals surface area contributed by atoms with Crippen molar-refractivity contribution in [1.82, 2.24) is 5.32 Å². The van der Waals surface area contributed by atoms with Gasteiger partial charge in [-0.05, 0) is 42.1 Å². The van der Waals surface area contributed by atoms with Crippen LogP contribution in [0, 0.1) is 0 Å². The van der Waals surface area contributed by atoms with Gasteiger partial charge in [-0.1, -0.05) is 41.1 Å². The Morgan fingerprint density at radius 2 is 2.00 bits per heavy atom. The molecule has 0 radical (unpaired) electrons. The minimum absolute atomic E-state index is 0.322. The van der Waals surface area contributed by atoms with E-state index in [0.29, 0.717) is 6.04 Å². The first-order valence-corrected chi connectivity index (χ1v) is 7.50. The average Bonchev–Trinajstić information content (AvgIpc) is 2.85. The highest BCUT2D eigenvalue weighted by atomic mass is 79.9. The van der Waals surface area contributed by atoms with Gasteiger partial charge >= 0.3 is 0 Å². The molecule has 1 N–H and O–H groups in total. The van der Waals surface area contributed by atoms with Crippen molar-refractivity contribution in [3.8, 4) is 0 Å². The third-order valence-corrected chi connectivity index (χ3v) is 4.10. The number of thiophene rings is 1. The summed E-state index contributed by atoms with van der Waals surface area (Å²) < 4.78 is 1.13. The van der Waals surface area contributed by atoms with Crippen LogP contribution in [-0.4, -0.2) is 6.54 Å². The van der Waals surface area contributed by atoms with E-state index in [1.165, 1.54) is 10.4 Å². The maximum absolute atomic E-state index is 3.60. The minimum Gasteiger partial charge on any atom is -0.306 e. The summed E-state index contributed by atoms with van der Waals surface area (Å²) in [5.41, 5.74) is 1.32. The molecule has 3 heteroatoms. The number of rotatable bonds is 5. The smallest absolute Gasteiger partial charge is 0.0671 e. The molecule has 1 atom stereocenters. The van der Waals surface area contributed by atoms with Crippen molar-refractivity contribution in [2.24, 2.45) is 0 Å². The fourth-order valence-corrected chi connectivity index (χ4v) is 2.87. The van der Waals surface area contributed by atoms with Crippen LogP contribution < -0.4 is 5.32 Å². The Bertz CT molecular complexity index is 436. The molecule has 1 aromatic heterocycles. The topological polar surface area (TPSA) is 12.0 Å². The molecule has 1 nitrogen and oxygen atoms in total. The van der Waals surface area contributed by atoms with Crippen LogP contribution >= 0.6 is 27.3 Å². The maximum atomic E-state index is 3.60. The molecule has 1 aromatic carbocycles. The molecule has 0 bridgehead atoms. The van der Waals surface area contributed by atoms with Crippen molar-refractivity contribution in [3.63, 3.8) is 0 Å². The lowest BCUT2D eigenvalue weighted by Gasteiger charge is -2.17. The number of nitrogens with one attached hydrogen (secondary N) is 1. The number of hydrogen-bond donors (Lipinski definition) is 1. The molecule has 1 heterocycles. The average molecular weight is 310 g/mol. The highest BCUT2D eigenvalue weighted by molar-refractivity contribution is 9.10. The van der Waals surface area contributed by atoms with E-state index in [2.05, 4.69) is 69.9 Å². The molecule has 0 aliphatic rings. The van der Waals surface area contributed by atoms with Crippen LogP contribution in [0.5, 0.6) is 0 Å². The summed E-state index contributed by atoms with van der Waals surface area (Å²) in [7, 11) is 0. The van der Waals surface area contributed by atoms with Gasteiger partial charge in [0.1, 0.15) is 0 Å². The van der Waals surface area contributed by atoms with Crippen molar-refractivity contribution < 1.29 is 0 Å². The molecule has 0 saturated carbocycles. The summed E-state index contributed by atoms with van der Waals surface area (Å²) in [6.07, 6.45) is 1.15. The van der Waals surface area contributed by atoms with E-state index >= 15 is 0 Å². The van der Waals surface area contributed by atoms with Crippen LogP contribution in [-0.2, 0) is 0 Å². The Labute approximate surface area is 115 Å². The van der Waals surface area contributed by atoms with Crippen LogP contribution in [0.2, 0.25) is 0 Å². The van der Waals surface area contributed by atoms with E-state index in [4.69, 9.17) is 0 Å². The predicted octanol–water partition coefficient (Wildman–Crippen LogP) is 4.60. The fourth-order valence-electron chi connectivity index (χ4n) is 1.78. The number of halogens is 1. The number of hydrogen-bond acceptors (Lipinski definition) is 2. The molecule has 0 spiro atoms.